The van der Waals surface area contributed by atoms with E-state index in [0.29, 0.717) is 0 Å². The molecule has 0 spiro atoms. The molecule has 15 heavy (non-hydrogen) atoms. The van der Waals surface area contributed by atoms with Crippen LogP contribution in [0.4, 0.5) is 0 Å². The van der Waals surface area contributed by atoms with Gasteiger partial charge in [-0.2, -0.15) is 0 Å². The summed E-state index contributed by atoms with van der Waals surface area (Å²) in [6.45, 7) is 4.84. The van der Waals surface area contributed by atoms with Gasteiger partial charge in [0, 0.05) is 0 Å². The maximum Gasteiger partial charge on any atom is -0.0383 e. The van der Waals surface area contributed by atoms with Crippen LogP contribution in [0.25, 0.3) is 0 Å². The summed E-state index contributed by atoms with van der Waals surface area (Å²) in [6, 6.07) is 0. The van der Waals surface area contributed by atoms with Crippen molar-refractivity contribution in [3.05, 3.63) is 0 Å². The van der Waals surface area contributed by atoms with Gasteiger partial charge in [0.25, 0.3) is 0 Å². The molecular weight excluding hydrogens is 180 g/mol. The summed E-state index contributed by atoms with van der Waals surface area (Å²) in [6.07, 6.45) is 13.6. The second kappa shape index (κ2) is 5.37. The lowest BCUT2D eigenvalue weighted by Gasteiger charge is -2.41. The van der Waals surface area contributed by atoms with Gasteiger partial charge in [-0.25, -0.2) is 0 Å². The Labute approximate surface area is 95.8 Å². The van der Waals surface area contributed by atoms with Gasteiger partial charge in [-0.3, -0.25) is 0 Å². The zero-order valence-corrected chi connectivity index (χ0v) is 10.7. The fraction of sp³-hybridized carbons (Fsp3) is 1.00. The minimum absolute atomic E-state index is 1.04. The van der Waals surface area contributed by atoms with E-state index in [1.165, 1.54) is 38.5 Å². The quantitative estimate of drug-likeness (QED) is 0.574. The topological polar surface area (TPSA) is 0 Å². The van der Waals surface area contributed by atoms with E-state index in [0.717, 1.165) is 23.7 Å². The van der Waals surface area contributed by atoms with Gasteiger partial charge in [-0.15, -0.1) is 0 Å². The minimum atomic E-state index is 1.04. The van der Waals surface area contributed by atoms with E-state index in [1.54, 1.807) is 19.3 Å². The van der Waals surface area contributed by atoms with Crippen molar-refractivity contribution in [2.24, 2.45) is 23.7 Å². The average molecular weight is 208 g/mol. The van der Waals surface area contributed by atoms with Crippen molar-refractivity contribution >= 4 is 0 Å². The Hall–Kier alpha value is 0. The molecule has 0 nitrogen and oxygen atoms in total. The van der Waals surface area contributed by atoms with E-state index in [1.807, 2.05) is 0 Å². The monoisotopic (exact) mass is 208 g/mol. The maximum atomic E-state index is 2.51. The maximum absolute atomic E-state index is 2.51. The number of unbranched alkanes of at least 4 members (excludes halogenated alkanes) is 1. The van der Waals surface area contributed by atoms with Crippen molar-refractivity contribution in [2.45, 2.75) is 71.6 Å². The van der Waals surface area contributed by atoms with Crippen molar-refractivity contribution in [1.82, 2.24) is 0 Å². The Bertz CT molecular complexity index is 180. The van der Waals surface area contributed by atoms with Crippen LogP contribution in [0.1, 0.15) is 71.6 Å². The van der Waals surface area contributed by atoms with Crippen LogP contribution in [0.2, 0.25) is 0 Å². The summed E-state index contributed by atoms with van der Waals surface area (Å²) in [5, 5.41) is 0. The standard InChI is InChI=1S/C15H28/c1-3-4-6-14-9-10-15(14)11-12(2)13-7-5-8-13/h12-15H,3-11H2,1-2H3. The zero-order chi connectivity index (χ0) is 10.7. The molecule has 2 saturated carbocycles. The third kappa shape index (κ3) is 2.77. The van der Waals surface area contributed by atoms with Crippen LogP contribution in [-0.4, -0.2) is 0 Å². The molecule has 0 aromatic heterocycles. The molecule has 0 saturated heterocycles. The van der Waals surface area contributed by atoms with Crippen LogP contribution in [0.15, 0.2) is 0 Å². The average Bonchev–Trinajstić information content (AvgIpc) is 2.10. The van der Waals surface area contributed by atoms with Crippen LogP contribution in [0.5, 0.6) is 0 Å². The second-order valence-corrected chi connectivity index (χ2v) is 6.14. The molecule has 0 heterocycles. The fourth-order valence-electron chi connectivity index (χ4n) is 3.47. The smallest absolute Gasteiger partial charge is 0.0383 e. The third-order valence-electron chi connectivity index (χ3n) is 5.13. The van der Waals surface area contributed by atoms with Gasteiger partial charge in [0.1, 0.15) is 0 Å². The highest BCUT2D eigenvalue weighted by Gasteiger charge is 2.33. The van der Waals surface area contributed by atoms with Crippen molar-refractivity contribution < 1.29 is 0 Å². The molecule has 2 fully saturated rings. The van der Waals surface area contributed by atoms with Crippen LogP contribution < -0.4 is 0 Å². The molecule has 3 unspecified atom stereocenters. The lowest BCUT2D eigenvalue weighted by atomic mass is 9.64. The summed E-state index contributed by atoms with van der Waals surface area (Å²) in [7, 11) is 0. The van der Waals surface area contributed by atoms with Gasteiger partial charge in [-0.1, -0.05) is 52.4 Å². The minimum Gasteiger partial charge on any atom is -0.0654 e. The zero-order valence-electron chi connectivity index (χ0n) is 10.7. The van der Waals surface area contributed by atoms with E-state index >= 15 is 0 Å². The number of hydrogen-bond donors (Lipinski definition) is 0. The molecule has 2 rings (SSSR count). The molecule has 0 aromatic rings. The predicted octanol–water partition coefficient (Wildman–Crippen LogP) is 5.03. The summed E-state index contributed by atoms with van der Waals surface area (Å²) >= 11 is 0. The van der Waals surface area contributed by atoms with E-state index in [-0.39, 0.29) is 0 Å². The summed E-state index contributed by atoms with van der Waals surface area (Å²) in [5.74, 6) is 4.38. The summed E-state index contributed by atoms with van der Waals surface area (Å²) in [5.41, 5.74) is 0. The van der Waals surface area contributed by atoms with Crippen LogP contribution in [0, 0.1) is 23.7 Å². The molecule has 0 aliphatic heterocycles. The van der Waals surface area contributed by atoms with Crippen LogP contribution >= 0.6 is 0 Å². The highest BCUT2D eigenvalue weighted by Crippen LogP contribution is 2.45. The number of hydrogen-bond acceptors (Lipinski definition) is 0. The summed E-state index contributed by atoms with van der Waals surface area (Å²) in [4.78, 5) is 0. The van der Waals surface area contributed by atoms with E-state index in [4.69, 9.17) is 0 Å². The van der Waals surface area contributed by atoms with Gasteiger partial charge >= 0.3 is 0 Å². The molecule has 2 aliphatic carbocycles. The largest absolute Gasteiger partial charge is 0.0654 e. The molecule has 3 atom stereocenters. The SMILES string of the molecule is CCCCC1CCC1CC(C)C1CCC1. The molecule has 0 radical (unpaired) electrons. The van der Waals surface area contributed by atoms with Gasteiger partial charge in [0.05, 0.1) is 0 Å². The Balaban J connectivity index is 1.65. The Morgan fingerprint density at radius 3 is 2.27 bits per heavy atom. The molecule has 2 aliphatic rings. The lowest BCUT2D eigenvalue weighted by molar-refractivity contribution is 0.0966. The summed E-state index contributed by atoms with van der Waals surface area (Å²) < 4.78 is 0. The Morgan fingerprint density at radius 2 is 1.80 bits per heavy atom. The van der Waals surface area contributed by atoms with E-state index < -0.39 is 0 Å². The predicted molar refractivity (Wildman–Crippen MR) is 66.9 cm³/mol. The third-order valence-corrected chi connectivity index (χ3v) is 5.13. The van der Waals surface area contributed by atoms with Crippen molar-refractivity contribution in [1.29, 1.82) is 0 Å². The van der Waals surface area contributed by atoms with Crippen LogP contribution in [-0.2, 0) is 0 Å². The highest BCUT2D eigenvalue weighted by atomic mass is 14.4. The molecule has 0 bridgehead atoms. The Kier molecular flexibility index (Phi) is 4.11. The van der Waals surface area contributed by atoms with Crippen molar-refractivity contribution in [3.8, 4) is 0 Å². The molecule has 0 N–H and O–H groups in total. The first-order chi connectivity index (χ1) is 7.31. The molecule has 0 amide bonds. The first-order valence-corrected chi connectivity index (χ1v) is 7.31. The fourth-order valence-corrected chi connectivity index (χ4v) is 3.47. The van der Waals surface area contributed by atoms with E-state index in [2.05, 4.69) is 13.8 Å². The molecular formula is C15H28. The van der Waals surface area contributed by atoms with E-state index in [9.17, 15) is 0 Å². The van der Waals surface area contributed by atoms with Gasteiger partial charge in [-0.05, 0) is 42.9 Å². The first kappa shape index (κ1) is 11.5. The Morgan fingerprint density at radius 1 is 1.07 bits per heavy atom. The normalized spacial score (nSPS) is 33.2. The second-order valence-electron chi connectivity index (χ2n) is 6.14. The van der Waals surface area contributed by atoms with Crippen molar-refractivity contribution in [2.75, 3.05) is 0 Å². The molecule has 0 heteroatoms. The van der Waals surface area contributed by atoms with Crippen LogP contribution in [0.3, 0.4) is 0 Å². The molecule has 0 aromatic carbocycles. The van der Waals surface area contributed by atoms with Gasteiger partial charge in [0.2, 0.25) is 0 Å². The first-order valence-electron chi connectivity index (χ1n) is 7.31. The lowest BCUT2D eigenvalue weighted by Crippen LogP contribution is -2.30. The van der Waals surface area contributed by atoms with Gasteiger partial charge in [0.15, 0.2) is 0 Å². The van der Waals surface area contributed by atoms with Gasteiger partial charge < -0.3 is 0 Å². The highest BCUT2D eigenvalue weighted by molar-refractivity contribution is 4.85. The van der Waals surface area contributed by atoms with Crippen molar-refractivity contribution in [3.63, 3.8) is 0 Å². The molecule has 88 valence electrons. The number of rotatable bonds is 6.